The summed E-state index contributed by atoms with van der Waals surface area (Å²) in [4.78, 5) is 0. The highest BCUT2D eigenvalue weighted by Crippen LogP contribution is 1.98. The summed E-state index contributed by atoms with van der Waals surface area (Å²) in [6.07, 6.45) is 2.81. The summed E-state index contributed by atoms with van der Waals surface area (Å²) in [5, 5.41) is 0. The van der Waals surface area contributed by atoms with E-state index >= 15 is 0 Å². The van der Waals surface area contributed by atoms with Crippen molar-refractivity contribution in [1.29, 1.82) is 0 Å². The van der Waals surface area contributed by atoms with Crippen molar-refractivity contribution in [3.05, 3.63) is 12.7 Å². The lowest BCUT2D eigenvalue weighted by Gasteiger charge is -2.07. The Morgan fingerprint density at radius 1 is 1.70 bits per heavy atom. The lowest BCUT2D eigenvalue weighted by Crippen LogP contribution is -2.07. The highest BCUT2D eigenvalue weighted by Gasteiger charge is 1.96. The van der Waals surface area contributed by atoms with Gasteiger partial charge in [-0.3, -0.25) is 0 Å². The van der Waals surface area contributed by atoms with Gasteiger partial charge in [0.05, 0.1) is 6.61 Å². The Balaban J connectivity index is 2.95. The molecule has 0 N–H and O–H groups in total. The molecular weight excluding hydrogens is 144 g/mol. The number of hydrogen-bond acceptors (Lipinski definition) is 2. The van der Waals surface area contributed by atoms with Gasteiger partial charge < -0.3 is 4.74 Å². The van der Waals surface area contributed by atoms with Crippen LogP contribution >= 0.6 is 12.6 Å². The van der Waals surface area contributed by atoms with Crippen LogP contribution in [0.5, 0.6) is 0 Å². The zero-order chi connectivity index (χ0) is 7.82. The molecule has 0 rings (SSSR count). The zero-order valence-corrected chi connectivity index (χ0v) is 7.44. The first kappa shape index (κ1) is 10.0. The van der Waals surface area contributed by atoms with Crippen molar-refractivity contribution in [2.24, 2.45) is 5.92 Å². The maximum absolute atomic E-state index is 5.31. The summed E-state index contributed by atoms with van der Waals surface area (Å²) in [5.41, 5.74) is 0. The van der Waals surface area contributed by atoms with E-state index in [2.05, 4.69) is 26.1 Å². The Morgan fingerprint density at radius 3 is 2.90 bits per heavy atom. The molecule has 0 aliphatic heterocycles. The van der Waals surface area contributed by atoms with Crippen LogP contribution in [0.4, 0.5) is 0 Å². The standard InChI is InChI=1S/C8H16OS/c1-3-4-5-9-6-8(2)7-10/h3,8,10H,1,4-7H2,2H3. The average molecular weight is 160 g/mol. The molecule has 0 bridgehead atoms. The van der Waals surface area contributed by atoms with E-state index < -0.39 is 0 Å². The van der Waals surface area contributed by atoms with Gasteiger partial charge in [-0.1, -0.05) is 13.0 Å². The fourth-order valence-corrected chi connectivity index (χ4v) is 0.609. The molecule has 0 saturated heterocycles. The normalized spacial score (nSPS) is 13.0. The van der Waals surface area contributed by atoms with Gasteiger partial charge in [0.2, 0.25) is 0 Å². The van der Waals surface area contributed by atoms with Crippen molar-refractivity contribution in [2.45, 2.75) is 13.3 Å². The molecule has 0 aliphatic rings. The minimum Gasteiger partial charge on any atom is -0.381 e. The summed E-state index contributed by atoms with van der Waals surface area (Å²) in [7, 11) is 0. The van der Waals surface area contributed by atoms with Gasteiger partial charge in [0, 0.05) is 6.61 Å². The molecule has 0 aromatic rings. The molecule has 1 unspecified atom stereocenters. The summed E-state index contributed by atoms with van der Waals surface area (Å²) in [6.45, 7) is 7.34. The first-order valence-corrected chi connectivity index (χ1v) is 4.24. The molecule has 0 radical (unpaired) electrons. The minimum absolute atomic E-state index is 0.563. The predicted molar refractivity (Wildman–Crippen MR) is 48.7 cm³/mol. The third kappa shape index (κ3) is 6.17. The highest BCUT2D eigenvalue weighted by molar-refractivity contribution is 7.80. The van der Waals surface area contributed by atoms with Crippen LogP contribution in [0, 0.1) is 5.92 Å². The average Bonchev–Trinajstić information content (AvgIpc) is 1.98. The van der Waals surface area contributed by atoms with Crippen LogP contribution in [0.25, 0.3) is 0 Å². The van der Waals surface area contributed by atoms with Crippen molar-refractivity contribution in [1.82, 2.24) is 0 Å². The van der Waals surface area contributed by atoms with Crippen LogP contribution in [0.2, 0.25) is 0 Å². The van der Waals surface area contributed by atoms with Crippen molar-refractivity contribution in [2.75, 3.05) is 19.0 Å². The third-order valence-corrected chi connectivity index (χ3v) is 1.80. The quantitative estimate of drug-likeness (QED) is 0.356. The Morgan fingerprint density at radius 2 is 2.40 bits per heavy atom. The molecule has 60 valence electrons. The largest absolute Gasteiger partial charge is 0.381 e. The van der Waals surface area contributed by atoms with Crippen molar-refractivity contribution in [3.63, 3.8) is 0 Å². The molecule has 0 heterocycles. The van der Waals surface area contributed by atoms with Gasteiger partial charge >= 0.3 is 0 Å². The summed E-state index contributed by atoms with van der Waals surface area (Å²) >= 11 is 4.14. The first-order valence-electron chi connectivity index (χ1n) is 3.60. The molecule has 0 aromatic heterocycles. The van der Waals surface area contributed by atoms with Crippen LogP contribution in [0.1, 0.15) is 13.3 Å². The molecule has 1 nitrogen and oxygen atoms in total. The summed E-state index contributed by atoms with van der Waals surface area (Å²) in [5.74, 6) is 1.46. The molecule has 0 fully saturated rings. The second-order valence-corrected chi connectivity index (χ2v) is 2.81. The lowest BCUT2D eigenvalue weighted by atomic mass is 10.2. The highest BCUT2D eigenvalue weighted by atomic mass is 32.1. The van der Waals surface area contributed by atoms with Gasteiger partial charge in [-0.05, 0) is 18.1 Å². The van der Waals surface area contributed by atoms with E-state index in [1.54, 1.807) is 0 Å². The monoisotopic (exact) mass is 160 g/mol. The Bertz CT molecular complexity index is 83.3. The number of ether oxygens (including phenoxy) is 1. The van der Waals surface area contributed by atoms with Crippen LogP contribution in [-0.2, 0) is 4.74 Å². The Hall–Kier alpha value is 0.0500. The van der Waals surface area contributed by atoms with E-state index in [9.17, 15) is 0 Å². The van der Waals surface area contributed by atoms with Crippen molar-refractivity contribution in [3.8, 4) is 0 Å². The fourth-order valence-electron chi connectivity index (χ4n) is 0.504. The van der Waals surface area contributed by atoms with Gasteiger partial charge in [-0.25, -0.2) is 0 Å². The van der Waals surface area contributed by atoms with Crippen LogP contribution in [0.3, 0.4) is 0 Å². The van der Waals surface area contributed by atoms with E-state index in [0.29, 0.717) is 5.92 Å². The zero-order valence-electron chi connectivity index (χ0n) is 6.55. The van der Waals surface area contributed by atoms with Gasteiger partial charge in [0.25, 0.3) is 0 Å². The SMILES string of the molecule is C=CCCOCC(C)CS. The number of hydrogen-bond donors (Lipinski definition) is 1. The molecular formula is C8H16OS. The molecule has 10 heavy (non-hydrogen) atoms. The molecule has 1 atom stereocenters. The number of rotatable bonds is 6. The summed E-state index contributed by atoms with van der Waals surface area (Å²) in [6, 6.07) is 0. The maximum atomic E-state index is 5.31. The molecule has 0 aromatic carbocycles. The summed E-state index contributed by atoms with van der Waals surface area (Å²) < 4.78 is 5.31. The topological polar surface area (TPSA) is 9.23 Å². The Kier molecular flexibility index (Phi) is 7.20. The predicted octanol–water partition coefficient (Wildman–Crippen LogP) is 2.15. The van der Waals surface area contributed by atoms with E-state index in [0.717, 1.165) is 25.4 Å². The van der Waals surface area contributed by atoms with Crippen LogP contribution in [-0.4, -0.2) is 19.0 Å². The van der Waals surface area contributed by atoms with Gasteiger partial charge in [0.1, 0.15) is 0 Å². The van der Waals surface area contributed by atoms with E-state index in [1.165, 1.54) is 0 Å². The van der Waals surface area contributed by atoms with Crippen LogP contribution < -0.4 is 0 Å². The van der Waals surface area contributed by atoms with E-state index in [4.69, 9.17) is 4.74 Å². The second-order valence-electron chi connectivity index (χ2n) is 2.44. The van der Waals surface area contributed by atoms with E-state index in [1.807, 2.05) is 6.08 Å². The second kappa shape index (κ2) is 7.16. The molecule has 0 spiro atoms. The number of thiol groups is 1. The molecule has 0 aliphatic carbocycles. The third-order valence-electron chi connectivity index (χ3n) is 1.18. The van der Waals surface area contributed by atoms with Gasteiger partial charge in [0.15, 0.2) is 0 Å². The lowest BCUT2D eigenvalue weighted by molar-refractivity contribution is 0.115. The van der Waals surface area contributed by atoms with Crippen molar-refractivity contribution >= 4 is 12.6 Å². The molecule has 2 heteroatoms. The van der Waals surface area contributed by atoms with Crippen LogP contribution in [0.15, 0.2) is 12.7 Å². The molecule has 0 amide bonds. The molecule has 0 saturated carbocycles. The van der Waals surface area contributed by atoms with Gasteiger partial charge in [-0.2, -0.15) is 12.6 Å². The first-order chi connectivity index (χ1) is 4.81. The fraction of sp³-hybridized carbons (Fsp3) is 0.750. The Labute approximate surface area is 68.9 Å². The van der Waals surface area contributed by atoms with E-state index in [-0.39, 0.29) is 0 Å². The maximum Gasteiger partial charge on any atom is 0.0500 e. The van der Waals surface area contributed by atoms with Gasteiger partial charge in [-0.15, -0.1) is 6.58 Å². The van der Waals surface area contributed by atoms with Crippen molar-refractivity contribution < 1.29 is 4.74 Å². The smallest absolute Gasteiger partial charge is 0.0500 e. The minimum atomic E-state index is 0.563.